The molecule has 1 aromatic heterocycles. The van der Waals surface area contributed by atoms with Crippen LogP contribution in [0.1, 0.15) is 16.1 Å². The Morgan fingerprint density at radius 3 is 2.75 bits per heavy atom. The molecule has 0 unspecified atom stereocenters. The highest BCUT2D eigenvalue weighted by Gasteiger charge is 2.15. The maximum atomic E-state index is 11.9. The van der Waals surface area contributed by atoms with Crippen LogP contribution in [-0.4, -0.2) is 21.6 Å². The van der Waals surface area contributed by atoms with E-state index in [0.29, 0.717) is 11.3 Å². The Bertz CT molecular complexity index is 664. The van der Waals surface area contributed by atoms with Crippen molar-refractivity contribution in [2.75, 3.05) is 5.32 Å². The summed E-state index contributed by atoms with van der Waals surface area (Å²) in [6, 6.07) is 8.88. The van der Waals surface area contributed by atoms with Gasteiger partial charge in [0.15, 0.2) is 0 Å². The number of hydrogen-bond donors (Lipinski definition) is 2. The molecule has 0 saturated carbocycles. The van der Waals surface area contributed by atoms with Crippen molar-refractivity contribution in [3.63, 3.8) is 0 Å². The number of halogens is 1. The van der Waals surface area contributed by atoms with Gasteiger partial charge in [-0.2, -0.15) is 0 Å². The van der Waals surface area contributed by atoms with Gasteiger partial charge in [-0.05, 0) is 36.8 Å². The van der Waals surface area contributed by atoms with Gasteiger partial charge in [0.1, 0.15) is 12.2 Å². The van der Waals surface area contributed by atoms with E-state index in [9.17, 15) is 9.59 Å². The Morgan fingerprint density at radius 1 is 1.35 bits per heavy atom. The molecule has 6 heteroatoms. The van der Waals surface area contributed by atoms with Gasteiger partial charge in [0, 0.05) is 16.4 Å². The van der Waals surface area contributed by atoms with Crippen LogP contribution >= 0.6 is 15.9 Å². The molecule has 2 N–H and O–H groups in total. The summed E-state index contributed by atoms with van der Waals surface area (Å²) in [5.74, 6) is -1.32. The van der Waals surface area contributed by atoms with Crippen LogP contribution in [0.5, 0.6) is 0 Å². The van der Waals surface area contributed by atoms with Crippen molar-refractivity contribution >= 4 is 33.5 Å². The molecule has 0 bridgehead atoms. The van der Waals surface area contributed by atoms with Gasteiger partial charge >= 0.3 is 5.97 Å². The number of carbonyl (C=O) groups excluding carboxylic acids is 1. The third kappa shape index (κ3) is 3.27. The summed E-state index contributed by atoms with van der Waals surface area (Å²) in [6.45, 7) is 1.66. The first kappa shape index (κ1) is 14.3. The SMILES string of the molecule is Cc1ccn(CC(=O)Nc2cccc(Br)c2)c1C(=O)O. The molecule has 5 nitrogen and oxygen atoms in total. The van der Waals surface area contributed by atoms with E-state index in [-0.39, 0.29) is 18.1 Å². The van der Waals surface area contributed by atoms with Crippen LogP contribution in [-0.2, 0) is 11.3 Å². The first-order valence-corrected chi connectivity index (χ1v) is 6.71. The van der Waals surface area contributed by atoms with Crippen molar-refractivity contribution in [1.29, 1.82) is 0 Å². The summed E-state index contributed by atoms with van der Waals surface area (Å²) >= 11 is 3.32. The number of aryl methyl sites for hydroxylation is 1. The van der Waals surface area contributed by atoms with Crippen molar-refractivity contribution < 1.29 is 14.7 Å². The maximum Gasteiger partial charge on any atom is 0.352 e. The minimum absolute atomic E-state index is 0.0397. The molecule has 0 radical (unpaired) electrons. The van der Waals surface area contributed by atoms with Crippen molar-refractivity contribution in [2.24, 2.45) is 0 Å². The summed E-state index contributed by atoms with van der Waals surface area (Å²) in [5.41, 5.74) is 1.42. The summed E-state index contributed by atoms with van der Waals surface area (Å²) in [5, 5.41) is 11.8. The monoisotopic (exact) mass is 336 g/mol. The third-order valence-electron chi connectivity index (χ3n) is 2.79. The van der Waals surface area contributed by atoms with E-state index in [1.54, 1.807) is 31.3 Å². The Kier molecular flexibility index (Phi) is 4.24. The Morgan fingerprint density at radius 2 is 2.10 bits per heavy atom. The number of benzene rings is 1. The zero-order valence-electron chi connectivity index (χ0n) is 10.8. The minimum Gasteiger partial charge on any atom is -0.477 e. The number of amides is 1. The molecule has 0 spiro atoms. The number of aromatic nitrogens is 1. The number of anilines is 1. The highest BCUT2D eigenvalue weighted by molar-refractivity contribution is 9.10. The molecule has 0 aliphatic heterocycles. The fourth-order valence-electron chi connectivity index (χ4n) is 1.93. The molecule has 2 rings (SSSR count). The molecule has 20 heavy (non-hydrogen) atoms. The Balaban J connectivity index is 2.11. The predicted octanol–water partition coefficient (Wildman–Crippen LogP) is 2.90. The second-order valence-electron chi connectivity index (χ2n) is 4.34. The molecule has 1 aromatic carbocycles. The van der Waals surface area contributed by atoms with Crippen molar-refractivity contribution in [1.82, 2.24) is 4.57 Å². The van der Waals surface area contributed by atoms with Gasteiger partial charge in [-0.25, -0.2) is 4.79 Å². The molecule has 0 aliphatic rings. The highest BCUT2D eigenvalue weighted by Crippen LogP contribution is 2.16. The lowest BCUT2D eigenvalue weighted by Gasteiger charge is -2.08. The quantitative estimate of drug-likeness (QED) is 0.901. The minimum atomic E-state index is -1.04. The van der Waals surface area contributed by atoms with Crippen LogP contribution < -0.4 is 5.32 Å². The number of carbonyl (C=O) groups is 2. The van der Waals surface area contributed by atoms with E-state index >= 15 is 0 Å². The molecule has 0 aliphatic carbocycles. The molecule has 1 amide bonds. The van der Waals surface area contributed by atoms with E-state index in [2.05, 4.69) is 21.2 Å². The van der Waals surface area contributed by atoms with Gasteiger partial charge in [0.25, 0.3) is 0 Å². The predicted molar refractivity (Wildman–Crippen MR) is 78.9 cm³/mol. The normalized spacial score (nSPS) is 10.3. The standard InChI is InChI=1S/C14H13BrN2O3/c1-9-5-6-17(13(9)14(19)20)8-12(18)16-11-4-2-3-10(15)7-11/h2-7H,8H2,1H3,(H,16,18)(H,19,20). The van der Waals surface area contributed by atoms with Crippen molar-refractivity contribution in [2.45, 2.75) is 13.5 Å². The van der Waals surface area contributed by atoms with Crippen molar-refractivity contribution in [3.05, 3.63) is 52.3 Å². The average Bonchev–Trinajstić information content (AvgIpc) is 2.70. The average molecular weight is 337 g/mol. The molecule has 0 saturated heterocycles. The second kappa shape index (κ2) is 5.92. The molecule has 104 valence electrons. The topological polar surface area (TPSA) is 71.3 Å². The van der Waals surface area contributed by atoms with Crippen LogP contribution in [0, 0.1) is 6.92 Å². The number of carboxylic acid groups (broad SMARTS) is 1. The summed E-state index contributed by atoms with van der Waals surface area (Å²) in [4.78, 5) is 23.1. The molecule has 2 aromatic rings. The number of nitrogens with zero attached hydrogens (tertiary/aromatic N) is 1. The van der Waals surface area contributed by atoms with E-state index < -0.39 is 5.97 Å². The zero-order chi connectivity index (χ0) is 14.7. The van der Waals surface area contributed by atoms with Crippen molar-refractivity contribution in [3.8, 4) is 0 Å². The Labute approximate surface area is 124 Å². The smallest absolute Gasteiger partial charge is 0.352 e. The van der Waals surface area contributed by atoms with Gasteiger partial charge < -0.3 is 15.0 Å². The molecular weight excluding hydrogens is 324 g/mol. The summed E-state index contributed by atoms with van der Waals surface area (Å²) in [7, 11) is 0. The Hall–Kier alpha value is -2.08. The van der Waals surface area contributed by atoms with E-state index in [1.807, 2.05) is 12.1 Å². The first-order valence-electron chi connectivity index (χ1n) is 5.92. The van der Waals surface area contributed by atoms with Crippen LogP contribution in [0.4, 0.5) is 5.69 Å². The lowest BCUT2D eigenvalue weighted by Crippen LogP contribution is -2.21. The van der Waals surface area contributed by atoms with Crippen LogP contribution in [0.25, 0.3) is 0 Å². The number of rotatable bonds is 4. The number of carboxylic acids is 1. The van der Waals surface area contributed by atoms with E-state index in [4.69, 9.17) is 5.11 Å². The number of hydrogen-bond acceptors (Lipinski definition) is 2. The van der Waals surface area contributed by atoms with Gasteiger partial charge in [0.2, 0.25) is 5.91 Å². The van der Waals surface area contributed by atoms with Crippen LogP contribution in [0.3, 0.4) is 0 Å². The fraction of sp³-hybridized carbons (Fsp3) is 0.143. The van der Waals surface area contributed by atoms with Gasteiger partial charge in [-0.15, -0.1) is 0 Å². The summed E-state index contributed by atoms with van der Waals surface area (Å²) < 4.78 is 2.28. The number of aromatic carboxylic acids is 1. The molecule has 0 atom stereocenters. The largest absolute Gasteiger partial charge is 0.477 e. The van der Waals surface area contributed by atoms with Gasteiger partial charge in [-0.3, -0.25) is 4.79 Å². The summed E-state index contributed by atoms with van der Waals surface area (Å²) in [6.07, 6.45) is 1.60. The van der Waals surface area contributed by atoms with Gasteiger partial charge in [0.05, 0.1) is 0 Å². The lowest BCUT2D eigenvalue weighted by molar-refractivity contribution is -0.116. The van der Waals surface area contributed by atoms with Crippen LogP contribution in [0.2, 0.25) is 0 Å². The molecule has 1 heterocycles. The molecular formula is C14H13BrN2O3. The van der Waals surface area contributed by atoms with E-state index in [1.165, 1.54) is 4.57 Å². The maximum absolute atomic E-state index is 11.9. The number of nitrogens with one attached hydrogen (secondary N) is 1. The van der Waals surface area contributed by atoms with E-state index in [0.717, 1.165) is 4.47 Å². The lowest BCUT2D eigenvalue weighted by atomic mass is 10.3. The first-order chi connectivity index (χ1) is 9.47. The second-order valence-corrected chi connectivity index (χ2v) is 5.25. The zero-order valence-corrected chi connectivity index (χ0v) is 12.3. The third-order valence-corrected chi connectivity index (χ3v) is 3.28. The highest BCUT2D eigenvalue weighted by atomic mass is 79.9. The van der Waals surface area contributed by atoms with Crippen LogP contribution in [0.15, 0.2) is 41.0 Å². The molecule has 0 fully saturated rings. The van der Waals surface area contributed by atoms with Gasteiger partial charge in [-0.1, -0.05) is 22.0 Å². The fourth-order valence-corrected chi connectivity index (χ4v) is 2.33.